The van der Waals surface area contributed by atoms with Gasteiger partial charge in [0.05, 0.1) is 11.4 Å². The minimum absolute atomic E-state index is 0.231. The number of carbonyl (C=O) groups excluding carboxylic acids is 1. The fraction of sp³-hybridized carbons (Fsp3) is 0.364. The van der Waals surface area contributed by atoms with Crippen LogP contribution < -0.4 is 11.5 Å². The van der Waals surface area contributed by atoms with Crippen LogP contribution in [-0.4, -0.2) is 25.7 Å². The molecule has 18 heavy (non-hydrogen) atoms. The number of nitrogens with two attached hydrogens (primary N) is 2. The van der Waals surface area contributed by atoms with Crippen molar-refractivity contribution in [1.29, 1.82) is 0 Å². The normalized spacial score (nSPS) is 12.6. The van der Waals surface area contributed by atoms with Gasteiger partial charge < -0.3 is 16.5 Å². The van der Waals surface area contributed by atoms with Gasteiger partial charge in [-0.15, -0.1) is 0 Å². The number of aromatic nitrogens is 4. The average molecular weight is 248 g/mol. The second kappa shape index (κ2) is 4.52. The van der Waals surface area contributed by atoms with E-state index in [2.05, 4.69) is 15.1 Å². The molecule has 1 atom stereocenters. The highest BCUT2D eigenvalue weighted by molar-refractivity contribution is 5.96. The smallest absolute Gasteiger partial charge is 0.269 e. The Hall–Kier alpha value is -2.31. The Morgan fingerprint density at radius 1 is 1.61 bits per heavy atom. The van der Waals surface area contributed by atoms with Gasteiger partial charge in [0.15, 0.2) is 0 Å². The number of nitrogens with zero attached hydrogens (tertiary/aromatic N) is 3. The number of H-pyrrole nitrogens is 1. The van der Waals surface area contributed by atoms with Crippen LogP contribution in [0.3, 0.4) is 0 Å². The summed E-state index contributed by atoms with van der Waals surface area (Å²) in [5.74, 6) is 0.112. The van der Waals surface area contributed by atoms with Crippen LogP contribution >= 0.6 is 0 Å². The number of anilines is 1. The topological polar surface area (TPSA) is 116 Å². The van der Waals surface area contributed by atoms with Gasteiger partial charge in [0.2, 0.25) is 0 Å². The molecule has 0 fully saturated rings. The maximum absolute atomic E-state index is 11.5. The molecule has 0 saturated carbocycles. The predicted octanol–water partition coefficient (Wildman–Crippen LogP) is 0.459. The summed E-state index contributed by atoms with van der Waals surface area (Å²) in [6.07, 6.45) is 4.00. The van der Waals surface area contributed by atoms with Gasteiger partial charge in [-0.25, -0.2) is 9.67 Å². The first-order valence-electron chi connectivity index (χ1n) is 5.72. The van der Waals surface area contributed by atoms with E-state index in [1.165, 1.54) is 4.68 Å². The Morgan fingerprint density at radius 3 is 2.83 bits per heavy atom. The number of aryl methyl sites for hydroxylation is 1. The first kappa shape index (κ1) is 12.2. The van der Waals surface area contributed by atoms with E-state index in [1.807, 2.05) is 13.8 Å². The zero-order chi connectivity index (χ0) is 13.3. The third-order valence-electron chi connectivity index (χ3n) is 2.87. The molecular weight excluding hydrogens is 232 g/mol. The van der Waals surface area contributed by atoms with Crippen molar-refractivity contribution in [2.45, 2.75) is 26.3 Å². The minimum Gasteiger partial charge on any atom is -0.395 e. The zero-order valence-electron chi connectivity index (χ0n) is 10.3. The van der Waals surface area contributed by atoms with Crippen LogP contribution in [0.4, 0.5) is 5.69 Å². The molecule has 1 amide bonds. The van der Waals surface area contributed by atoms with Gasteiger partial charge in [-0.2, -0.15) is 5.10 Å². The van der Waals surface area contributed by atoms with Crippen LogP contribution in [0.25, 0.3) is 0 Å². The first-order valence-corrected chi connectivity index (χ1v) is 5.72. The molecule has 7 nitrogen and oxygen atoms in total. The molecular formula is C11H16N6O. The van der Waals surface area contributed by atoms with E-state index in [0.717, 1.165) is 0 Å². The number of nitrogens with one attached hydrogen (secondary N) is 1. The maximum atomic E-state index is 11.5. The Kier molecular flexibility index (Phi) is 3.05. The van der Waals surface area contributed by atoms with Crippen molar-refractivity contribution in [3.63, 3.8) is 0 Å². The molecule has 2 aromatic rings. The molecule has 7 heteroatoms. The van der Waals surface area contributed by atoms with Crippen LogP contribution in [0.15, 0.2) is 12.4 Å². The lowest BCUT2D eigenvalue weighted by Crippen LogP contribution is -2.22. The molecule has 0 bridgehead atoms. The van der Waals surface area contributed by atoms with Crippen molar-refractivity contribution < 1.29 is 4.79 Å². The van der Waals surface area contributed by atoms with E-state index in [4.69, 9.17) is 11.5 Å². The fourth-order valence-corrected chi connectivity index (χ4v) is 1.90. The molecule has 0 saturated heterocycles. The fourth-order valence-electron chi connectivity index (χ4n) is 1.90. The number of imidazole rings is 1. The third kappa shape index (κ3) is 1.83. The second-order valence-corrected chi connectivity index (χ2v) is 4.02. The molecule has 2 aromatic heterocycles. The number of amides is 1. The number of hydrogen-bond donors (Lipinski definition) is 3. The lowest BCUT2D eigenvalue weighted by Gasteiger charge is -2.11. The van der Waals surface area contributed by atoms with Crippen LogP contribution in [0, 0.1) is 0 Å². The number of hydrogen-bond acceptors (Lipinski definition) is 4. The molecule has 2 rings (SSSR count). The molecule has 1 unspecified atom stereocenters. The Morgan fingerprint density at radius 2 is 2.33 bits per heavy atom. The second-order valence-electron chi connectivity index (χ2n) is 4.02. The van der Waals surface area contributed by atoms with E-state index < -0.39 is 5.91 Å². The Labute approximate surface area is 104 Å². The number of nitrogen functional groups attached to an aromatic ring is 1. The summed E-state index contributed by atoms with van der Waals surface area (Å²) in [6, 6.07) is -0.231. The van der Waals surface area contributed by atoms with E-state index in [0.29, 0.717) is 23.6 Å². The van der Waals surface area contributed by atoms with E-state index >= 15 is 0 Å². The summed E-state index contributed by atoms with van der Waals surface area (Å²) in [4.78, 5) is 18.6. The van der Waals surface area contributed by atoms with Gasteiger partial charge in [-0.3, -0.25) is 4.79 Å². The van der Waals surface area contributed by atoms with Crippen molar-refractivity contribution in [3.05, 3.63) is 29.6 Å². The largest absolute Gasteiger partial charge is 0.395 e. The summed E-state index contributed by atoms with van der Waals surface area (Å²) in [5, 5.41) is 4.34. The summed E-state index contributed by atoms with van der Waals surface area (Å²) in [6.45, 7) is 3.79. The van der Waals surface area contributed by atoms with E-state index in [9.17, 15) is 4.79 Å². The number of carbonyl (C=O) groups is 1. The van der Waals surface area contributed by atoms with Crippen LogP contribution in [0.1, 0.15) is 41.9 Å². The van der Waals surface area contributed by atoms with Crippen molar-refractivity contribution >= 4 is 11.6 Å². The van der Waals surface area contributed by atoms with Gasteiger partial charge >= 0.3 is 0 Å². The summed E-state index contributed by atoms with van der Waals surface area (Å²) in [5.41, 5.74) is 12.5. The third-order valence-corrected chi connectivity index (χ3v) is 2.87. The number of aromatic amines is 1. The lowest BCUT2D eigenvalue weighted by molar-refractivity contribution is 0.0989. The van der Waals surface area contributed by atoms with Crippen LogP contribution in [-0.2, 0) is 6.42 Å². The molecule has 0 spiro atoms. The average Bonchev–Trinajstić information content (AvgIpc) is 2.94. The van der Waals surface area contributed by atoms with Crippen molar-refractivity contribution in [2.24, 2.45) is 5.73 Å². The monoisotopic (exact) mass is 248 g/mol. The highest BCUT2D eigenvalue weighted by Crippen LogP contribution is 2.23. The van der Waals surface area contributed by atoms with Crippen molar-refractivity contribution in [1.82, 2.24) is 19.7 Å². The molecule has 0 aliphatic rings. The maximum Gasteiger partial charge on any atom is 0.269 e. The quantitative estimate of drug-likeness (QED) is 0.728. The first-order chi connectivity index (χ1) is 8.56. The number of primary amides is 1. The van der Waals surface area contributed by atoms with Crippen LogP contribution in [0.5, 0.6) is 0 Å². The highest BCUT2D eigenvalue weighted by Gasteiger charge is 2.23. The minimum atomic E-state index is -0.585. The lowest BCUT2D eigenvalue weighted by atomic mass is 10.2. The Balaban J connectivity index is 2.53. The van der Waals surface area contributed by atoms with Gasteiger partial charge in [0, 0.05) is 12.4 Å². The Bertz CT molecular complexity index is 556. The summed E-state index contributed by atoms with van der Waals surface area (Å²) < 4.78 is 1.52. The van der Waals surface area contributed by atoms with Crippen molar-refractivity contribution in [3.8, 4) is 0 Å². The molecule has 0 aliphatic heterocycles. The van der Waals surface area contributed by atoms with E-state index in [-0.39, 0.29) is 11.7 Å². The molecule has 0 aliphatic carbocycles. The van der Waals surface area contributed by atoms with Gasteiger partial charge in [-0.1, -0.05) is 6.92 Å². The molecule has 96 valence electrons. The molecule has 0 radical (unpaired) electrons. The molecule has 5 N–H and O–H groups in total. The SMILES string of the molecule is CCc1nn(C(C)c2ncc[nH]2)c(C(N)=O)c1N. The zero-order valence-corrected chi connectivity index (χ0v) is 10.3. The highest BCUT2D eigenvalue weighted by atomic mass is 16.1. The van der Waals surface area contributed by atoms with E-state index in [1.54, 1.807) is 12.4 Å². The van der Waals surface area contributed by atoms with Crippen LogP contribution in [0.2, 0.25) is 0 Å². The summed E-state index contributed by atoms with van der Waals surface area (Å²) in [7, 11) is 0. The van der Waals surface area contributed by atoms with Gasteiger partial charge in [0.25, 0.3) is 5.91 Å². The summed E-state index contributed by atoms with van der Waals surface area (Å²) >= 11 is 0. The molecule has 0 aromatic carbocycles. The predicted molar refractivity (Wildman–Crippen MR) is 66.9 cm³/mol. The van der Waals surface area contributed by atoms with Crippen molar-refractivity contribution in [2.75, 3.05) is 5.73 Å². The van der Waals surface area contributed by atoms with Gasteiger partial charge in [-0.05, 0) is 13.3 Å². The van der Waals surface area contributed by atoms with Gasteiger partial charge in [0.1, 0.15) is 17.6 Å². The number of rotatable bonds is 4. The molecule has 2 heterocycles. The standard InChI is InChI=1S/C11H16N6O/c1-3-7-8(12)9(10(13)18)17(16-7)6(2)11-14-4-5-15-11/h4-6H,3,12H2,1-2H3,(H2,13,18)(H,14,15).